The standard InChI is InChI=1S/C32H25BrN6O2/c1-19-28-29(20-12-17-26(40)27(18-20)41-2)38-25-11-7-6-10-24(25)35-30(34-22-15-13-21(33)14-16-22)32(38)36-31(28)39(37-19)23-8-4-3-5-9-23/h3-18,29,40H,1-2H3,(H,34,35). The number of methoxy groups -OCH3 is 1. The molecule has 0 aliphatic carbocycles. The van der Waals surface area contributed by atoms with Crippen LogP contribution in [0.1, 0.15) is 22.9 Å². The van der Waals surface area contributed by atoms with Crippen molar-refractivity contribution in [2.75, 3.05) is 17.3 Å². The van der Waals surface area contributed by atoms with Gasteiger partial charge in [-0.25, -0.2) is 14.7 Å². The van der Waals surface area contributed by atoms with E-state index in [0.717, 1.165) is 49.9 Å². The smallest absolute Gasteiger partial charge is 0.179 e. The highest BCUT2D eigenvalue weighted by Crippen LogP contribution is 2.49. The van der Waals surface area contributed by atoms with Gasteiger partial charge in [0.1, 0.15) is 0 Å². The topological polar surface area (TPSA) is 87.3 Å². The number of fused-ring (bicyclic) bond motifs is 4. The zero-order valence-electron chi connectivity index (χ0n) is 22.3. The highest BCUT2D eigenvalue weighted by atomic mass is 79.9. The minimum atomic E-state index is -0.331. The second-order valence-corrected chi connectivity index (χ2v) is 10.7. The maximum atomic E-state index is 10.4. The lowest BCUT2D eigenvalue weighted by molar-refractivity contribution is 0.372. The third-order valence-corrected chi connectivity index (χ3v) is 7.79. The first-order chi connectivity index (χ1) is 20.0. The number of nitrogens with zero attached hydrogens (tertiary/aromatic N) is 5. The van der Waals surface area contributed by atoms with Gasteiger partial charge >= 0.3 is 0 Å². The summed E-state index contributed by atoms with van der Waals surface area (Å²) < 4.78 is 8.40. The van der Waals surface area contributed by atoms with Crippen LogP contribution in [0.2, 0.25) is 0 Å². The third kappa shape index (κ3) is 4.25. The molecule has 9 heteroatoms. The Balaban J connectivity index is 1.50. The zero-order valence-corrected chi connectivity index (χ0v) is 23.9. The number of aromatic nitrogens is 2. The average Bonchev–Trinajstić information content (AvgIpc) is 3.34. The molecular formula is C32H25BrN6O2. The monoisotopic (exact) mass is 604 g/mol. The number of hydrogen-bond donors (Lipinski definition) is 2. The summed E-state index contributed by atoms with van der Waals surface area (Å²) in [6, 6.07) is 31.1. The summed E-state index contributed by atoms with van der Waals surface area (Å²) in [6.07, 6.45) is 0. The number of rotatable bonds is 4. The van der Waals surface area contributed by atoms with Crippen molar-refractivity contribution in [2.45, 2.75) is 13.0 Å². The van der Waals surface area contributed by atoms with Crippen LogP contribution in [0.4, 0.5) is 22.9 Å². The van der Waals surface area contributed by atoms with Crippen LogP contribution in [0.25, 0.3) is 5.69 Å². The first-order valence-corrected chi connectivity index (χ1v) is 13.9. The molecule has 0 bridgehead atoms. The van der Waals surface area contributed by atoms with E-state index in [-0.39, 0.29) is 11.8 Å². The Hall–Kier alpha value is -4.89. The lowest BCUT2D eigenvalue weighted by Gasteiger charge is -2.40. The van der Waals surface area contributed by atoms with Crippen molar-refractivity contribution in [1.29, 1.82) is 0 Å². The molecule has 0 fully saturated rings. The molecular weight excluding hydrogens is 580 g/mol. The molecule has 41 heavy (non-hydrogen) atoms. The minimum Gasteiger partial charge on any atom is -0.504 e. The molecule has 0 amide bonds. The molecule has 1 atom stereocenters. The van der Waals surface area contributed by atoms with Gasteiger partial charge in [0.05, 0.1) is 35.9 Å². The third-order valence-electron chi connectivity index (χ3n) is 7.27. The lowest BCUT2D eigenvalue weighted by Crippen LogP contribution is -2.46. The van der Waals surface area contributed by atoms with E-state index in [4.69, 9.17) is 19.8 Å². The van der Waals surface area contributed by atoms with Crippen LogP contribution in [0.15, 0.2) is 112 Å². The number of aliphatic imine (C=N–C) groups is 2. The van der Waals surface area contributed by atoms with Crippen LogP contribution in [0.5, 0.6) is 11.5 Å². The Bertz CT molecular complexity index is 1850. The Morgan fingerprint density at radius 1 is 0.902 bits per heavy atom. The largest absolute Gasteiger partial charge is 0.504 e. The molecule has 7 rings (SSSR count). The summed E-state index contributed by atoms with van der Waals surface area (Å²) in [5, 5.41) is 18.9. The van der Waals surface area contributed by atoms with Crippen molar-refractivity contribution < 1.29 is 9.84 Å². The number of amidine groups is 2. The van der Waals surface area contributed by atoms with Crippen molar-refractivity contribution in [2.24, 2.45) is 9.98 Å². The van der Waals surface area contributed by atoms with Crippen LogP contribution in [-0.4, -0.2) is 33.7 Å². The fourth-order valence-corrected chi connectivity index (χ4v) is 5.66. The van der Waals surface area contributed by atoms with E-state index in [9.17, 15) is 5.11 Å². The second-order valence-electron chi connectivity index (χ2n) is 9.79. The van der Waals surface area contributed by atoms with Crippen molar-refractivity contribution in [1.82, 2.24) is 9.78 Å². The zero-order chi connectivity index (χ0) is 28.1. The number of hydrogen-bond acceptors (Lipinski definition) is 7. The molecule has 1 aromatic heterocycles. The summed E-state index contributed by atoms with van der Waals surface area (Å²) in [5.41, 5.74) is 6.27. The fourth-order valence-electron chi connectivity index (χ4n) is 5.40. The number of phenols is 1. The van der Waals surface area contributed by atoms with Gasteiger partial charge in [0.2, 0.25) is 0 Å². The molecule has 5 aromatic rings. The maximum absolute atomic E-state index is 10.4. The van der Waals surface area contributed by atoms with E-state index in [1.165, 1.54) is 0 Å². The highest BCUT2D eigenvalue weighted by molar-refractivity contribution is 9.10. The Morgan fingerprint density at radius 3 is 2.44 bits per heavy atom. The molecule has 0 saturated heterocycles. The van der Waals surface area contributed by atoms with Gasteiger partial charge in [0, 0.05) is 15.7 Å². The molecule has 1 unspecified atom stereocenters. The molecule has 4 aromatic carbocycles. The van der Waals surface area contributed by atoms with E-state index in [1.54, 1.807) is 13.2 Å². The predicted molar refractivity (Wildman–Crippen MR) is 166 cm³/mol. The Labute approximate surface area is 245 Å². The van der Waals surface area contributed by atoms with Gasteiger partial charge in [-0.3, -0.25) is 0 Å². The maximum Gasteiger partial charge on any atom is 0.179 e. The van der Waals surface area contributed by atoms with E-state index in [1.807, 2.05) is 96.5 Å². The number of ether oxygens (including phenoxy) is 1. The van der Waals surface area contributed by atoms with Crippen LogP contribution < -0.4 is 15.0 Å². The number of nitrogens with one attached hydrogen (secondary N) is 1. The highest BCUT2D eigenvalue weighted by Gasteiger charge is 2.41. The van der Waals surface area contributed by atoms with E-state index in [2.05, 4.69) is 32.2 Å². The average molecular weight is 605 g/mol. The Morgan fingerprint density at radius 2 is 1.66 bits per heavy atom. The van der Waals surface area contributed by atoms with Crippen LogP contribution in [-0.2, 0) is 0 Å². The summed E-state index contributed by atoms with van der Waals surface area (Å²) in [7, 11) is 1.56. The summed E-state index contributed by atoms with van der Waals surface area (Å²) in [4.78, 5) is 12.5. The number of benzene rings is 4. The number of phenolic OH excluding ortho intramolecular Hbond substituents is 1. The lowest BCUT2D eigenvalue weighted by atomic mass is 9.93. The number of para-hydroxylation sites is 3. The van der Waals surface area contributed by atoms with Crippen LogP contribution in [0, 0.1) is 6.92 Å². The van der Waals surface area contributed by atoms with Gasteiger partial charge < -0.3 is 20.1 Å². The van der Waals surface area contributed by atoms with Gasteiger partial charge in [-0.15, -0.1) is 0 Å². The van der Waals surface area contributed by atoms with E-state index >= 15 is 0 Å². The predicted octanol–water partition coefficient (Wildman–Crippen LogP) is 7.45. The first kappa shape index (κ1) is 25.1. The van der Waals surface area contributed by atoms with Gasteiger partial charge in [0.15, 0.2) is 29.0 Å². The van der Waals surface area contributed by atoms with Gasteiger partial charge in [0.25, 0.3) is 0 Å². The molecule has 202 valence electrons. The van der Waals surface area contributed by atoms with Crippen LogP contribution in [0.3, 0.4) is 0 Å². The number of aromatic hydroxyl groups is 1. The number of halogens is 1. The number of aryl methyl sites for hydroxylation is 1. The van der Waals surface area contributed by atoms with E-state index < -0.39 is 0 Å². The molecule has 0 saturated carbocycles. The molecule has 0 spiro atoms. The van der Waals surface area contributed by atoms with Crippen molar-refractivity contribution >= 4 is 50.5 Å². The van der Waals surface area contributed by atoms with E-state index in [0.29, 0.717) is 17.4 Å². The number of anilines is 2. The van der Waals surface area contributed by atoms with Crippen LogP contribution >= 0.6 is 15.9 Å². The van der Waals surface area contributed by atoms with Crippen molar-refractivity contribution in [3.8, 4) is 17.2 Å². The summed E-state index contributed by atoms with van der Waals surface area (Å²) in [6.45, 7) is 2.01. The second kappa shape index (κ2) is 9.94. The molecule has 2 aliphatic rings. The Kier molecular flexibility index (Phi) is 6.09. The molecule has 2 aliphatic heterocycles. The quantitative estimate of drug-likeness (QED) is 0.222. The van der Waals surface area contributed by atoms with Gasteiger partial charge in [-0.2, -0.15) is 5.10 Å². The van der Waals surface area contributed by atoms with Crippen molar-refractivity contribution in [3.05, 3.63) is 118 Å². The molecule has 0 radical (unpaired) electrons. The van der Waals surface area contributed by atoms with Gasteiger partial charge in [-0.05, 0) is 73.2 Å². The molecule has 3 heterocycles. The fraction of sp³-hybridized carbons (Fsp3) is 0.0938. The molecule has 2 N–H and O–H groups in total. The summed E-state index contributed by atoms with van der Waals surface area (Å²) >= 11 is 3.52. The van der Waals surface area contributed by atoms with Gasteiger partial charge in [-0.1, -0.05) is 52.3 Å². The normalized spacial score (nSPS) is 15.3. The summed E-state index contributed by atoms with van der Waals surface area (Å²) in [5.74, 6) is 2.48. The first-order valence-electron chi connectivity index (χ1n) is 13.1. The van der Waals surface area contributed by atoms with Crippen molar-refractivity contribution in [3.63, 3.8) is 0 Å². The minimum absolute atomic E-state index is 0.0797. The molecule has 8 nitrogen and oxygen atoms in total. The SMILES string of the molecule is COc1cc(C2c3c(C)nn(-c4ccccc4)c3N=C3C(Nc4ccc(Br)cc4)=Nc4ccccc4N32)ccc1O.